The van der Waals surface area contributed by atoms with E-state index in [0.29, 0.717) is 27.8 Å². The van der Waals surface area contributed by atoms with Crippen molar-refractivity contribution in [3.63, 3.8) is 0 Å². The van der Waals surface area contributed by atoms with E-state index >= 15 is 0 Å². The highest BCUT2D eigenvalue weighted by atomic mass is 35.5. The molecular weight excluding hydrogens is 491 g/mol. The van der Waals surface area contributed by atoms with E-state index in [4.69, 9.17) is 26.8 Å². The van der Waals surface area contributed by atoms with Gasteiger partial charge in [-0.05, 0) is 19.1 Å². The number of ether oxygens (including phenoxy) is 2. The molecule has 13 heteroatoms. The van der Waals surface area contributed by atoms with Gasteiger partial charge in [-0.25, -0.2) is 4.68 Å². The minimum Gasteiger partial charge on any atom is -0.486 e. The van der Waals surface area contributed by atoms with Gasteiger partial charge >= 0.3 is 6.18 Å². The van der Waals surface area contributed by atoms with Crippen molar-refractivity contribution >= 4 is 34.9 Å². The highest BCUT2D eigenvalue weighted by Crippen LogP contribution is 2.40. The van der Waals surface area contributed by atoms with Gasteiger partial charge in [-0.15, -0.1) is 0 Å². The molecule has 1 aromatic heterocycles. The van der Waals surface area contributed by atoms with Gasteiger partial charge in [0.1, 0.15) is 24.7 Å². The topological polar surface area (TPSA) is 120 Å². The number of nitrogens with two attached hydrogens (primary N) is 1. The first-order valence-electron chi connectivity index (χ1n) is 10.1. The van der Waals surface area contributed by atoms with Crippen molar-refractivity contribution < 1.29 is 32.2 Å². The maximum atomic E-state index is 13.4. The number of rotatable bonds is 6. The Labute approximate surface area is 203 Å². The number of carbonyl (C=O) groups is 2. The molecular formula is C22H21ClF3N5O4. The maximum Gasteiger partial charge on any atom is 0.435 e. The lowest BCUT2D eigenvalue weighted by Gasteiger charge is -2.24. The normalized spacial score (nSPS) is 13.9. The molecule has 9 nitrogen and oxygen atoms in total. The van der Waals surface area contributed by atoms with E-state index in [1.807, 2.05) is 0 Å². The van der Waals surface area contributed by atoms with Crippen molar-refractivity contribution in [2.45, 2.75) is 13.1 Å². The number of amides is 2. The average Bonchev–Trinajstić information content (AvgIpc) is 3.29. The minimum atomic E-state index is -4.87. The molecule has 0 fully saturated rings. The molecule has 2 amide bonds. The van der Waals surface area contributed by atoms with Crippen molar-refractivity contribution in [3.05, 3.63) is 64.5 Å². The van der Waals surface area contributed by atoms with Crippen LogP contribution < -0.4 is 25.8 Å². The second-order valence-corrected chi connectivity index (χ2v) is 7.54. The molecule has 0 aliphatic carbocycles. The van der Waals surface area contributed by atoms with E-state index in [1.54, 1.807) is 6.92 Å². The fourth-order valence-corrected chi connectivity index (χ4v) is 3.36. The van der Waals surface area contributed by atoms with Gasteiger partial charge in [0, 0.05) is 18.7 Å². The fraction of sp³-hybridized carbons (Fsp3) is 0.227. The zero-order chi connectivity index (χ0) is 25.9. The van der Waals surface area contributed by atoms with Crippen molar-refractivity contribution in [1.29, 1.82) is 0 Å². The molecule has 0 unspecified atom stereocenters. The Bertz CT molecular complexity index is 1250. The molecule has 1 aliphatic rings. The molecule has 0 saturated heterocycles. The number of alkyl halides is 3. The fourth-order valence-electron chi connectivity index (χ4n) is 3.21. The van der Waals surface area contributed by atoms with Crippen LogP contribution >= 0.6 is 11.6 Å². The first-order chi connectivity index (χ1) is 16.5. The second kappa shape index (κ2) is 10.1. The van der Waals surface area contributed by atoms with Crippen molar-refractivity contribution in [3.8, 4) is 11.5 Å². The third kappa shape index (κ3) is 5.27. The number of anilines is 1. The Morgan fingerprint density at radius 2 is 1.94 bits per heavy atom. The summed E-state index contributed by atoms with van der Waals surface area (Å²) in [5, 5.41) is 8.16. The van der Waals surface area contributed by atoms with E-state index in [1.165, 1.54) is 31.3 Å². The van der Waals surface area contributed by atoms with Gasteiger partial charge in [0.2, 0.25) is 0 Å². The standard InChI is InChI=1S/C22H21ClF3N5O4/c1-4-5-6-13(23)19(27)31-14(10-16(30-31)22(24,25)26)21(33)29-17-11(2)18-15(34-7-8-35-18)9-12(17)20(32)28-3/h4-6,9-10H,1,7-8,27H2,2-3H3,(H,28,32)(H,29,33)/b6-5-,19-13-. The summed E-state index contributed by atoms with van der Waals surface area (Å²) in [6, 6.07) is 1.90. The van der Waals surface area contributed by atoms with Crippen LogP contribution in [0.4, 0.5) is 18.9 Å². The lowest BCUT2D eigenvalue weighted by Crippen LogP contribution is -2.26. The molecule has 0 bridgehead atoms. The zero-order valence-electron chi connectivity index (χ0n) is 18.6. The molecule has 3 rings (SSSR count). The molecule has 0 spiro atoms. The largest absolute Gasteiger partial charge is 0.486 e. The molecule has 0 saturated carbocycles. The molecule has 2 aromatic rings. The van der Waals surface area contributed by atoms with Crippen LogP contribution in [0.3, 0.4) is 0 Å². The van der Waals surface area contributed by atoms with Gasteiger partial charge in [0.05, 0.1) is 16.3 Å². The summed E-state index contributed by atoms with van der Waals surface area (Å²) in [6.45, 7) is 5.53. The molecule has 0 atom stereocenters. The molecule has 0 radical (unpaired) electrons. The third-order valence-corrected chi connectivity index (χ3v) is 5.19. The van der Waals surface area contributed by atoms with E-state index in [0.717, 1.165) is 0 Å². The van der Waals surface area contributed by atoms with Crippen LogP contribution in [-0.2, 0) is 6.18 Å². The quantitative estimate of drug-likeness (QED) is 0.509. The van der Waals surface area contributed by atoms with E-state index in [-0.39, 0.29) is 29.5 Å². The van der Waals surface area contributed by atoms with E-state index in [9.17, 15) is 22.8 Å². The van der Waals surface area contributed by atoms with Crippen LogP contribution in [0.5, 0.6) is 11.5 Å². The number of carbonyl (C=O) groups excluding carboxylic acids is 2. The van der Waals surface area contributed by atoms with Gasteiger partial charge in [-0.2, -0.15) is 18.3 Å². The van der Waals surface area contributed by atoms with Gasteiger partial charge in [0.25, 0.3) is 11.8 Å². The SMILES string of the molecule is C=C/C=C\C(Cl)=C(/N)n1nc(C(F)(F)F)cc1C(=O)Nc1c(C(=O)NC)cc2c(c1C)OCCO2. The number of hydrogen-bond acceptors (Lipinski definition) is 6. The number of nitrogens with zero attached hydrogens (tertiary/aromatic N) is 2. The highest BCUT2D eigenvalue weighted by molar-refractivity contribution is 6.33. The average molecular weight is 512 g/mol. The maximum absolute atomic E-state index is 13.4. The first-order valence-corrected chi connectivity index (χ1v) is 10.5. The predicted molar refractivity (Wildman–Crippen MR) is 123 cm³/mol. The van der Waals surface area contributed by atoms with Gasteiger partial charge in [0.15, 0.2) is 17.2 Å². The number of allylic oxidation sites excluding steroid dienone is 4. The lowest BCUT2D eigenvalue weighted by molar-refractivity contribution is -0.141. The summed E-state index contributed by atoms with van der Waals surface area (Å²) in [7, 11) is 1.38. The van der Waals surface area contributed by atoms with E-state index < -0.39 is 35.2 Å². The van der Waals surface area contributed by atoms with Gasteiger partial charge in [-0.1, -0.05) is 30.3 Å². The molecule has 186 valence electrons. The van der Waals surface area contributed by atoms with E-state index in [2.05, 4.69) is 22.3 Å². The van der Waals surface area contributed by atoms with Gasteiger partial charge < -0.3 is 25.8 Å². The number of halogens is 4. The number of nitrogens with one attached hydrogen (secondary N) is 2. The minimum absolute atomic E-state index is 0.0140. The van der Waals surface area contributed by atoms with Crippen molar-refractivity contribution in [2.75, 3.05) is 25.6 Å². The Kier molecular flexibility index (Phi) is 7.44. The van der Waals surface area contributed by atoms with Crippen LogP contribution in [0.15, 0.2) is 42.0 Å². The monoisotopic (exact) mass is 511 g/mol. The summed E-state index contributed by atoms with van der Waals surface area (Å²) in [5.74, 6) is -1.45. The summed E-state index contributed by atoms with van der Waals surface area (Å²) in [4.78, 5) is 25.7. The first kappa shape index (κ1) is 25.7. The van der Waals surface area contributed by atoms with Gasteiger partial charge in [-0.3, -0.25) is 9.59 Å². The Balaban J connectivity index is 2.14. The summed E-state index contributed by atoms with van der Waals surface area (Å²) in [6.07, 6.45) is -0.824. The van der Waals surface area contributed by atoms with Crippen LogP contribution in [0.25, 0.3) is 5.82 Å². The molecule has 35 heavy (non-hydrogen) atoms. The van der Waals surface area contributed by atoms with Crippen LogP contribution in [0, 0.1) is 6.92 Å². The van der Waals surface area contributed by atoms with Crippen LogP contribution in [0.2, 0.25) is 0 Å². The molecule has 1 aromatic carbocycles. The zero-order valence-corrected chi connectivity index (χ0v) is 19.4. The Morgan fingerprint density at radius 1 is 1.26 bits per heavy atom. The molecule has 4 N–H and O–H groups in total. The molecule has 2 heterocycles. The number of hydrogen-bond donors (Lipinski definition) is 3. The second-order valence-electron chi connectivity index (χ2n) is 7.13. The van der Waals surface area contributed by atoms with Crippen molar-refractivity contribution in [1.82, 2.24) is 15.1 Å². The Morgan fingerprint density at radius 3 is 2.57 bits per heavy atom. The van der Waals surface area contributed by atoms with Crippen LogP contribution in [-0.4, -0.2) is 41.9 Å². The predicted octanol–water partition coefficient (Wildman–Crippen LogP) is 3.66. The summed E-state index contributed by atoms with van der Waals surface area (Å²) >= 11 is 6.06. The van der Waals surface area contributed by atoms with Crippen molar-refractivity contribution in [2.24, 2.45) is 5.73 Å². The summed E-state index contributed by atoms with van der Waals surface area (Å²) in [5.41, 5.74) is 4.33. The molecule has 1 aliphatic heterocycles. The third-order valence-electron chi connectivity index (χ3n) is 4.87. The smallest absolute Gasteiger partial charge is 0.435 e. The highest BCUT2D eigenvalue weighted by Gasteiger charge is 2.37. The number of fused-ring (bicyclic) bond motifs is 1. The number of aromatic nitrogens is 2. The lowest BCUT2D eigenvalue weighted by atomic mass is 10.0. The number of benzene rings is 1. The Hall–Kier alpha value is -3.93. The summed E-state index contributed by atoms with van der Waals surface area (Å²) < 4.78 is 51.9. The van der Waals surface area contributed by atoms with Crippen LogP contribution in [0.1, 0.15) is 32.1 Å².